The van der Waals surface area contributed by atoms with Crippen LogP contribution in [0.25, 0.3) is 0 Å². The molecule has 1 aliphatic rings. The number of rotatable bonds is 6. The fourth-order valence-electron chi connectivity index (χ4n) is 2.74. The number of hydrogen-bond acceptors (Lipinski definition) is 5. The average molecular weight is 331 g/mol. The van der Waals surface area contributed by atoms with Gasteiger partial charge in [0, 0.05) is 24.7 Å². The van der Waals surface area contributed by atoms with Crippen LogP contribution < -0.4 is 14.8 Å². The number of amides is 1. The van der Waals surface area contributed by atoms with E-state index in [2.05, 4.69) is 10.4 Å². The van der Waals surface area contributed by atoms with Crippen molar-refractivity contribution in [3.8, 4) is 11.5 Å². The number of para-hydroxylation sites is 2. The van der Waals surface area contributed by atoms with Crippen LogP contribution in [0.3, 0.4) is 0 Å². The highest BCUT2D eigenvalue weighted by molar-refractivity contribution is 5.77. The second kappa shape index (κ2) is 7.35. The third kappa shape index (κ3) is 3.51. The van der Waals surface area contributed by atoms with Gasteiger partial charge in [-0.15, -0.1) is 0 Å². The van der Waals surface area contributed by atoms with Crippen LogP contribution >= 0.6 is 0 Å². The first kappa shape index (κ1) is 16.3. The highest BCUT2D eigenvalue weighted by atomic mass is 16.5. The molecule has 2 aromatic rings. The molecular weight excluding hydrogens is 310 g/mol. The maximum atomic E-state index is 12.0. The van der Waals surface area contributed by atoms with Crippen molar-refractivity contribution in [1.29, 1.82) is 0 Å². The van der Waals surface area contributed by atoms with Crippen LogP contribution in [0.5, 0.6) is 11.5 Å². The Morgan fingerprint density at radius 1 is 1.38 bits per heavy atom. The summed E-state index contributed by atoms with van der Waals surface area (Å²) in [7, 11) is 3.48. The lowest BCUT2D eigenvalue weighted by atomic mass is 10.1. The minimum atomic E-state index is -0.211. The molecule has 0 bridgehead atoms. The molecule has 0 fully saturated rings. The molecular formula is C17H21N3O4. The zero-order valence-corrected chi connectivity index (χ0v) is 13.9. The van der Waals surface area contributed by atoms with Gasteiger partial charge in [-0.3, -0.25) is 9.48 Å². The lowest BCUT2D eigenvalue weighted by molar-refractivity contribution is -0.123. The van der Waals surface area contributed by atoms with Gasteiger partial charge >= 0.3 is 0 Å². The number of benzene rings is 1. The predicted molar refractivity (Wildman–Crippen MR) is 86.9 cm³/mol. The van der Waals surface area contributed by atoms with Crippen LogP contribution in [0.2, 0.25) is 0 Å². The van der Waals surface area contributed by atoms with Crippen molar-refractivity contribution < 1.29 is 19.0 Å². The SMILES string of the molecule is COc1ccccc1OCC(=O)NCc1nn(C)c2c1COCC2. The van der Waals surface area contributed by atoms with E-state index in [1.165, 1.54) is 5.69 Å². The van der Waals surface area contributed by atoms with Crippen molar-refractivity contribution in [2.45, 2.75) is 19.6 Å². The van der Waals surface area contributed by atoms with Crippen molar-refractivity contribution in [3.63, 3.8) is 0 Å². The Hall–Kier alpha value is -2.54. The maximum Gasteiger partial charge on any atom is 0.258 e. The molecule has 0 radical (unpaired) electrons. The summed E-state index contributed by atoms with van der Waals surface area (Å²) in [5.74, 6) is 0.928. The summed E-state index contributed by atoms with van der Waals surface area (Å²) >= 11 is 0. The second-order valence-corrected chi connectivity index (χ2v) is 5.51. The minimum absolute atomic E-state index is 0.0775. The number of methoxy groups -OCH3 is 1. The summed E-state index contributed by atoms with van der Waals surface area (Å²) in [5, 5.41) is 7.31. The van der Waals surface area contributed by atoms with E-state index in [1.807, 2.05) is 23.9 Å². The Bertz CT molecular complexity index is 727. The monoisotopic (exact) mass is 331 g/mol. The molecule has 3 rings (SSSR count). The number of hydrogen-bond donors (Lipinski definition) is 1. The van der Waals surface area contributed by atoms with E-state index in [9.17, 15) is 4.79 Å². The van der Waals surface area contributed by atoms with Crippen molar-refractivity contribution >= 4 is 5.91 Å². The van der Waals surface area contributed by atoms with Crippen LogP contribution in [-0.2, 0) is 36.2 Å². The highest BCUT2D eigenvalue weighted by Gasteiger charge is 2.20. The molecule has 0 aliphatic carbocycles. The largest absolute Gasteiger partial charge is 0.493 e. The van der Waals surface area contributed by atoms with Crippen LogP contribution in [0.1, 0.15) is 17.0 Å². The number of fused-ring (bicyclic) bond motifs is 1. The highest BCUT2D eigenvalue weighted by Crippen LogP contribution is 2.25. The van der Waals surface area contributed by atoms with Gasteiger partial charge in [0.2, 0.25) is 0 Å². The number of ether oxygens (including phenoxy) is 3. The zero-order chi connectivity index (χ0) is 16.9. The van der Waals surface area contributed by atoms with Crippen molar-refractivity contribution in [3.05, 3.63) is 41.2 Å². The molecule has 0 unspecified atom stereocenters. The molecule has 1 aromatic heterocycles. The molecule has 7 nitrogen and oxygen atoms in total. The molecule has 0 saturated heterocycles. The number of aryl methyl sites for hydroxylation is 1. The first-order valence-corrected chi connectivity index (χ1v) is 7.83. The van der Waals surface area contributed by atoms with Crippen molar-refractivity contribution in [1.82, 2.24) is 15.1 Å². The quantitative estimate of drug-likeness (QED) is 0.861. The van der Waals surface area contributed by atoms with Gasteiger partial charge in [-0.2, -0.15) is 5.10 Å². The predicted octanol–water partition coefficient (Wildman–Crippen LogP) is 1.20. The summed E-state index contributed by atoms with van der Waals surface area (Å²) in [6, 6.07) is 7.22. The van der Waals surface area contributed by atoms with Gasteiger partial charge in [0.25, 0.3) is 5.91 Å². The molecule has 1 aromatic carbocycles. The molecule has 24 heavy (non-hydrogen) atoms. The number of aromatic nitrogens is 2. The third-order valence-corrected chi connectivity index (χ3v) is 3.97. The van der Waals surface area contributed by atoms with Crippen molar-refractivity contribution in [2.75, 3.05) is 20.3 Å². The van der Waals surface area contributed by atoms with E-state index >= 15 is 0 Å². The maximum absolute atomic E-state index is 12.0. The first-order valence-electron chi connectivity index (χ1n) is 7.83. The van der Waals surface area contributed by atoms with Crippen LogP contribution in [-0.4, -0.2) is 36.0 Å². The average Bonchev–Trinajstić information content (AvgIpc) is 2.95. The Morgan fingerprint density at radius 2 is 2.17 bits per heavy atom. The number of nitrogens with one attached hydrogen (secondary N) is 1. The summed E-state index contributed by atoms with van der Waals surface area (Å²) < 4.78 is 18.0. The standard InChI is InChI=1S/C17H21N3O4/c1-20-14-7-8-23-10-12(14)13(19-20)9-18-17(21)11-24-16-6-4-3-5-15(16)22-2/h3-6H,7-11H2,1-2H3,(H,18,21). The zero-order valence-electron chi connectivity index (χ0n) is 13.9. The molecule has 0 atom stereocenters. The fraction of sp³-hybridized carbons (Fsp3) is 0.412. The van der Waals surface area contributed by atoms with Gasteiger partial charge in [0.05, 0.1) is 32.6 Å². The molecule has 128 valence electrons. The topological polar surface area (TPSA) is 74.6 Å². The first-order chi connectivity index (χ1) is 11.7. The van der Waals surface area contributed by atoms with Crippen molar-refractivity contribution in [2.24, 2.45) is 7.05 Å². The Labute approximate surface area is 140 Å². The van der Waals surface area contributed by atoms with E-state index in [0.717, 1.165) is 17.7 Å². The smallest absolute Gasteiger partial charge is 0.258 e. The van der Waals surface area contributed by atoms with E-state index in [4.69, 9.17) is 14.2 Å². The Balaban J connectivity index is 1.55. The number of nitrogens with zero attached hydrogens (tertiary/aromatic N) is 2. The van der Waals surface area contributed by atoms with E-state index in [1.54, 1.807) is 19.2 Å². The number of carbonyl (C=O) groups is 1. The molecule has 2 heterocycles. The lowest BCUT2D eigenvalue weighted by Gasteiger charge is -2.14. The van der Waals surface area contributed by atoms with Gasteiger partial charge in [0.1, 0.15) is 0 Å². The van der Waals surface area contributed by atoms with E-state index < -0.39 is 0 Å². The second-order valence-electron chi connectivity index (χ2n) is 5.51. The minimum Gasteiger partial charge on any atom is -0.493 e. The molecule has 0 saturated carbocycles. The van der Waals surface area contributed by atoms with E-state index in [-0.39, 0.29) is 12.5 Å². The van der Waals surface area contributed by atoms with Crippen LogP contribution in [0.4, 0.5) is 0 Å². The summed E-state index contributed by atoms with van der Waals surface area (Å²) in [4.78, 5) is 12.0. The summed E-state index contributed by atoms with van der Waals surface area (Å²) in [6.07, 6.45) is 0.851. The van der Waals surface area contributed by atoms with Gasteiger partial charge in [0.15, 0.2) is 18.1 Å². The molecule has 7 heteroatoms. The summed E-state index contributed by atoms with van der Waals surface area (Å²) in [6.45, 7) is 1.55. The molecule has 1 aliphatic heterocycles. The Kier molecular flexibility index (Phi) is 5.00. The van der Waals surface area contributed by atoms with Gasteiger partial charge in [-0.25, -0.2) is 0 Å². The third-order valence-electron chi connectivity index (χ3n) is 3.97. The van der Waals surface area contributed by atoms with Crippen LogP contribution in [0, 0.1) is 0 Å². The summed E-state index contributed by atoms with van der Waals surface area (Å²) in [5.41, 5.74) is 3.10. The molecule has 1 amide bonds. The Morgan fingerprint density at radius 3 is 2.96 bits per heavy atom. The number of carbonyl (C=O) groups excluding carboxylic acids is 1. The van der Waals surface area contributed by atoms with Gasteiger partial charge in [-0.1, -0.05) is 12.1 Å². The fourth-order valence-corrected chi connectivity index (χ4v) is 2.74. The van der Waals surface area contributed by atoms with Crippen LogP contribution in [0.15, 0.2) is 24.3 Å². The molecule has 1 N–H and O–H groups in total. The van der Waals surface area contributed by atoms with Gasteiger partial charge in [-0.05, 0) is 12.1 Å². The van der Waals surface area contributed by atoms with E-state index in [0.29, 0.717) is 31.3 Å². The van der Waals surface area contributed by atoms with Gasteiger partial charge < -0.3 is 19.5 Å². The molecule has 0 spiro atoms. The normalized spacial score (nSPS) is 13.2. The lowest BCUT2D eigenvalue weighted by Crippen LogP contribution is -2.29.